The molecule has 1 heterocycles. The van der Waals surface area contributed by atoms with Crippen LogP contribution in [-0.4, -0.2) is 37.8 Å². The number of piperidine rings is 1. The minimum absolute atomic E-state index is 0.166. The van der Waals surface area contributed by atoms with Crippen molar-refractivity contribution in [3.05, 3.63) is 65.2 Å². The molecule has 1 N–H and O–H groups in total. The van der Waals surface area contributed by atoms with Crippen molar-refractivity contribution in [3.63, 3.8) is 0 Å². The van der Waals surface area contributed by atoms with Crippen molar-refractivity contribution >= 4 is 15.9 Å². The van der Waals surface area contributed by atoms with Crippen molar-refractivity contribution in [3.8, 4) is 0 Å². The van der Waals surface area contributed by atoms with Crippen molar-refractivity contribution < 1.29 is 26.4 Å². The zero-order valence-corrected chi connectivity index (χ0v) is 16.6. The normalized spacial score (nSPS) is 16.6. The molecule has 0 saturated carbocycles. The Labute approximate surface area is 167 Å². The summed E-state index contributed by atoms with van der Waals surface area (Å²) >= 11 is 0. The molecule has 0 atom stereocenters. The van der Waals surface area contributed by atoms with Gasteiger partial charge >= 0.3 is 6.18 Å². The van der Waals surface area contributed by atoms with E-state index in [9.17, 15) is 26.4 Å². The number of carbonyl (C=O) groups excluding carboxylic acids is 1. The van der Waals surface area contributed by atoms with Gasteiger partial charge in [0.25, 0.3) is 5.91 Å². The second-order valence-electron chi connectivity index (χ2n) is 6.99. The first-order valence-corrected chi connectivity index (χ1v) is 10.6. The molecule has 29 heavy (non-hydrogen) atoms. The zero-order valence-electron chi connectivity index (χ0n) is 15.7. The van der Waals surface area contributed by atoms with Gasteiger partial charge in [0, 0.05) is 24.7 Å². The van der Waals surface area contributed by atoms with Gasteiger partial charge in [0.05, 0.1) is 10.5 Å². The van der Waals surface area contributed by atoms with Gasteiger partial charge in [0.1, 0.15) is 0 Å². The number of amides is 1. The topological polar surface area (TPSA) is 66.5 Å². The number of nitrogens with one attached hydrogen (secondary N) is 1. The van der Waals surface area contributed by atoms with Gasteiger partial charge < -0.3 is 5.32 Å². The largest absolute Gasteiger partial charge is 0.416 e. The highest BCUT2D eigenvalue weighted by Gasteiger charge is 2.33. The highest BCUT2D eigenvalue weighted by atomic mass is 32.2. The third-order valence-electron chi connectivity index (χ3n) is 5.00. The molecule has 1 saturated heterocycles. The van der Waals surface area contributed by atoms with Gasteiger partial charge in [0.15, 0.2) is 0 Å². The molecule has 1 fully saturated rings. The second-order valence-corrected chi connectivity index (χ2v) is 8.93. The van der Waals surface area contributed by atoms with Crippen LogP contribution in [0.25, 0.3) is 0 Å². The Morgan fingerprint density at radius 2 is 1.62 bits per heavy atom. The van der Waals surface area contributed by atoms with E-state index in [0.717, 1.165) is 29.8 Å². The van der Waals surface area contributed by atoms with Crippen LogP contribution in [0.5, 0.6) is 0 Å². The molecule has 0 bridgehead atoms. The minimum atomic E-state index is -4.52. The predicted octanol–water partition coefficient (Wildman–Crippen LogP) is 3.60. The van der Waals surface area contributed by atoms with E-state index in [1.807, 2.05) is 19.1 Å². The Hall–Kier alpha value is -2.39. The molecule has 0 aromatic heterocycles. The number of alkyl halides is 3. The fraction of sp³-hybridized carbons (Fsp3) is 0.350. The van der Waals surface area contributed by atoms with Gasteiger partial charge in [-0.3, -0.25) is 4.79 Å². The minimum Gasteiger partial charge on any atom is -0.349 e. The Balaban J connectivity index is 1.62. The predicted molar refractivity (Wildman–Crippen MR) is 102 cm³/mol. The van der Waals surface area contributed by atoms with Crippen molar-refractivity contribution in [2.45, 2.75) is 36.9 Å². The van der Waals surface area contributed by atoms with Crippen LogP contribution in [-0.2, 0) is 16.2 Å². The summed E-state index contributed by atoms with van der Waals surface area (Å²) in [6.45, 7) is 2.21. The van der Waals surface area contributed by atoms with E-state index in [4.69, 9.17) is 0 Å². The maximum absolute atomic E-state index is 12.7. The Morgan fingerprint density at radius 3 is 2.17 bits per heavy atom. The number of rotatable bonds is 4. The van der Waals surface area contributed by atoms with E-state index >= 15 is 0 Å². The molecule has 3 rings (SSSR count). The van der Waals surface area contributed by atoms with E-state index in [1.165, 1.54) is 4.31 Å². The van der Waals surface area contributed by atoms with Crippen LogP contribution in [0, 0.1) is 6.92 Å². The van der Waals surface area contributed by atoms with Gasteiger partial charge in [-0.15, -0.1) is 0 Å². The first-order chi connectivity index (χ1) is 13.6. The summed E-state index contributed by atoms with van der Waals surface area (Å²) in [7, 11) is -3.88. The summed E-state index contributed by atoms with van der Waals surface area (Å²) in [6, 6.07) is 10.5. The number of nitrogens with zero attached hydrogens (tertiary/aromatic N) is 1. The molecule has 156 valence electrons. The van der Waals surface area contributed by atoms with Crippen LogP contribution in [0.15, 0.2) is 53.4 Å². The van der Waals surface area contributed by atoms with Crippen LogP contribution in [0.2, 0.25) is 0 Å². The van der Waals surface area contributed by atoms with Gasteiger partial charge in [0.2, 0.25) is 10.0 Å². The van der Waals surface area contributed by atoms with E-state index < -0.39 is 21.8 Å². The van der Waals surface area contributed by atoms with Crippen molar-refractivity contribution in [2.24, 2.45) is 0 Å². The lowest BCUT2D eigenvalue weighted by Gasteiger charge is -2.31. The molecular weight excluding hydrogens is 405 g/mol. The lowest BCUT2D eigenvalue weighted by Crippen LogP contribution is -2.46. The number of sulfonamides is 1. The summed E-state index contributed by atoms with van der Waals surface area (Å²) in [5.41, 5.74) is 0.536. The van der Waals surface area contributed by atoms with Crippen molar-refractivity contribution in [2.75, 3.05) is 13.1 Å². The Morgan fingerprint density at radius 1 is 1.03 bits per heavy atom. The molecule has 5 nitrogen and oxygen atoms in total. The number of aryl methyl sites for hydroxylation is 1. The molecule has 0 spiro atoms. The Kier molecular flexibility index (Phi) is 6.00. The summed E-state index contributed by atoms with van der Waals surface area (Å²) in [5, 5.41) is 2.93. The fourth-order valence-corrected chi connectivity index (χ4v) is 4.77. The molecule has 2 aromatic rings. The molecule has 0 unspecified atom stereocenters. The first-order valence-electron chi connectivity index (χ1n) is 9.13. The number of hydrogen-bond acceptors (Lipinski definition) is 3. The molecular formula is C20H21F3N2O3S. The third-order valence-corrected chi connectivity index (χ3v) is 6.91. The second kappa shape index (κ2) is 8.16. The smallest absolute Gasteiger partial charge is 0.349 e. The molecule has 9 heteroatoms. The first kappa shape index (κ1) is 21.3. The quantitative estimate of drug-likeness (QED) is 0.813. The monoisotopic (exact) mass is 426 g/mol. The number of benzene rings is 2. The van der Waals surface area contributed by atoms with Crippen molar-refractivity contribution in [1.29, 1.82) is 0 Å². The van der Waals surface area contributed by atoms with E-state index in [1.54, 1.807) is 12.1 Å². The average molecular weight is 426 g/mol. The van der Waals surface area contributed by atoms with Crippen LogP contribution in [0.1, 0.15) is 34.3 Å². The van der Waals surface area contributed by atoms with E-state index in [0.29, 0.717) is 18.4 Å². The maximum Gasteiger partial charge on any atom is 0.416 e. The summed E-state index contributed by atoms with van der Waals surface area (Å²) in [5.74, 6) is -0.202. The van der Waals surface area contributed by atoms with Crippen LogP contribution in [0.3, 0.4) is 0 Å². The fourth-order valence-electron chi connectivity index (χ4n) is 3.30. The van der Waals surface area contributed by atoms with Crippen molar-refractivity contribution in [1.82, 2.24) is 9.62 Å². The average Bonchev–Trinajstić information content (AvgIpc) is 2.68. The number of halogens is 3. The summed E-state index contributed by atoms with van der Waals surface area (Å²) in [6.07, 6.45) is -3.66. The van der Waals surface area contributed by atoms with Crippen LogP contribution >= 0.6 is 0 Å². The van der Waals surface area contributed by atoms with Crippen LogP contribution < -0.4 is 5.32 Å². The van der Waals surface area contributed by atoms with Gasteiger partial charge in [-0.25, -0.2) is 8.42 Å². The summed E-state index contributed by atoms with van der Waals surface area (Å²) in [4.78, 5) is 12.2. The molecule has 1 aliphatic heterocycles. The highest BCUT2D eigenvalue weighted by molar-refractivity contribution is 7.89. The lowest BCUT2D eigenvalue weighted by atomic mass is 10.0. The molecule has 0 radical (unpaired) electrons. The highest BCUT2D eigenvalue weighted by Crippen LogP contribution is 2.30. The lowest BCUT2D eigenvalue weighted by molar-refractivity contribution is -0.137. The van der Waals surface area contributed by atoms with E-state index in [2.05, 4.69) is 5.32 Å². The van der Waals surface area contributed by atoms with Gasteiger partial charge in [-0.1, -0.05) is 18.2 Å². The standard InChI is InChI=1S/C20H21F3N2O3S/c1-14-4-2-3-5-18(14)19(26)24-16-10-12-25(13-11-16)29(27,28)17-8-6-15(7-9-17)20(21,22)23/h2-9,16H,10-13H2,1H3,(H,24,26). The SMILES string of the molecule is Cc1ccccc1C(=O)NC1CCN(S(=O)(=O)c2ccc(C(F)(F)F)cc2)CC1. The number of carbonyl (C=O) groups is 1. The van der Waals surface area contributed by atoms with Crippen LogP contribution in [0.4, 0.5) is 13.2 Å². The molecule has 1 amide bonds. The Bertz CT molecular complexity index is 981. The molecule has 2 aromatic carbocycles. The summed E-state index contributed by atoms with van der Waals surface area (Å²) < 4.78 is 64.7. The third kappa shape index (κ3) is 4.79. The van der Waals surface area contributed by atoms with Gasteiger partial charge in [-0.2, -0.15) is 17.5 Å². The van der Waals surface area contributed by atoms with E-state index in [-0.39, 0.29) is 29.9 Å². The zero-order chi connectivity index (χ0) is 21.2. The molecule has 0 aliphatic carbocycles. The molecule has 1 aliphatic rings. The maximum atomic E-state index is 12.7. The number of hydrogen-bond donors (Lipinski definition) is 1. The van der Waals surface area contributed by atoms with Gasteiger partial charge in [-0.05, 0) is 55.7 Å².